The van der Waals surface area contributed by atoms with Crippen LogP contribution in [0.1, 0.15) is 25.3 Å². The molecule has 2 heterocycles. The van der Waals surface area contributed by atoms with Gasteiger partial charge in [-0.3, -0.25) is 9.69 Å². The molecule has 0 aromatic heterocycles. The molecule has 0 radical (unpaired) electrons. The smallest absolute Gasteiger partial charge is 0.231 e. The van der Waals surface area contributed by atoms with Gasteiger partial charge in [-0.05, 0) is 37.5 Å². The van der Waals surface area contributed by atoms with Crippen molar-refractivity contribution in [3.8, 4) is 11.5 Å². The van der Waals surface area contributed by atoms with Crippen LogP contribution >= 0.6 is 0 Å². The molecule has 2 aliphatic heterocycles. The Bertz CT molecular complexity index is 521. The monoisotopic (exact) mass is 277 g/mol. The topological polar surface area (TPSA) is 59.0 Å². The average Bonchev–Trinajstić information content (AvgIpc) is 2.88. The number of benzene rings is 1. The highest BCUT2D eigenvalue weighted by Crippen LogP contribution is 2.39. The van der Waals surface area contributed by atoms with Crippen molar-refractivity contribution in [3.63, 3.8) is 0 Å². The minimum atomic E-state index is -0.839. The summed E-state index contributed by atoms with van der Waals surface area (Å²) >= 11 is 0. The normalized spacial score (nSPS) is 20.9. The van der Waals surface area contributed by atoms with Gasteiger partial charge in [-0.25, -0.2) is 0 Å². The zero-order valence-corrected chi connectivity index (χ0v) is 11.6. The molecule has 0 bridgehead atoms. The van der Waals surface area contributed by atoms with Gasteiger partial charge in [-0.1, -0.05) is 6.07 Å². The van der Waals surface area contributed by atoms with E-state index in [4.69, 9.17) is 9.47 Å². The number of likely N-dealkylation sites (tertiary alicyclic amines) is 1. The van der Waals surface area contributed by atoms with Gasteiger partial charge in [0.2, 0.25) is 6.79 Å². The van der Waals surface area contributed by atoms with Gasteiger partial charge in [0.05, 0.1) is 12.1 Å². The van der Waals surface area contributed by atoms with Crippen molar-refractivity contribution in [1.29, 1.82) is 0 Å². The van der Waals surface area contributed by atoms with Crippen LogP contribution in [-0.4, -0.2) is 42.2 Å². The third-order valence-corrected chi connectivity index (χ3v) is 4.04. The van der Waals surface area contributed by atoms with Crippen LogP contribution in [0.5, 0.6) is 11.5 Å². The molecule has 0 aliphatic carbocycles. The lowest BCUT2D eigenvalue weighted by Crippen LogP contribution is -2.44. The Morgan fingerprint density at radius 2 is 2.00 bits per heavy atom. The van der Waals surface area contributed by atoms with E-state index in [0.717, 1.165) is 24.4 Å². The number of rotatable bonds is 3. The highest BCUT2D eigenvalue weighted by Gasteiger charge is 2.35. The maximum absolute atomic E-state index is 11.1. The molecule has 1 N–H and O–H groups in total. The van der Waals surface area contributed by atoms with Gasteiger partial charge in [0.15, 0.2) is 11.5 Å². The first-order chi connectivity index (χ1) is 9.57. The van der Waals surface area contributed by atoms with Crippen molar-refractivity contribution in [1.82, 2.24) is 4.90 Å². The largest absolute Gasteiger partial charge is 0.454 e. The van der Waals surface area contributed by atoms with E-state index in [1.807, 2.05) is 18.2 Å². The van der Waals surface area contributed by atoms with Crippen molar-refractivity contribution >= 4 is 5.78 Å². The van der Waals surface area contributed by atoms with Gasteiger partial charge >= 0.3 is 0 Å². The predicted molar refractivity (Wildman–Crippen MR) is 72.8 cm³/mol. The molecule has 0 amide bonds. The van der Waals surface area contributed by atoms with Crippen LogP contribution in [0, 0.1) is 0 Å². The standard InChI is InChI=1S/C15H19NO4/c1-11(17)9-16-6-4-15(18,5-7-16)12-2-3-13-14(8-12)20-10-19-13/h2-3,8,18H,4-7,9-10H2,1H3. The first-order valence-corrected chi connectivity index (χ1v) is 6.91. The molecule has 20 heavy (non-hydrogen) atoms. The minimum absolute atomic E-state index is 0.165. The summed E-state index contributed by atoms with van der Waals surface area (Å²) < 4.78 is 10.6. The number of carbonyl (C=O) groups is 1. The second-order valence-corrected chi connectivity index (χ2v) is 5.58. The summed E-state index contributed by atoms with van der Waals surface area (Å²) in [5, 5.41) is 10.8. The summed E-state index contributed by atoms with van der Waals surface area (Å²) in [7, 11) is 0. The average molecular weight is 277 g/mol. The fourth-order valence-electron chi connectivity index (χ4n) is 2.87. The Labute approximate surface area is 118 Å². The van der Waals surface area contributed by atoms with Crippen LogP contribution < -0.4 is 9.47 Å². The molecule has 5 heteroatoms. The Morgan fingerprint density at radius 1 is 1.30 bits per heavy atom. The number of ketones is 1. The molecular weight excluding hydrogens is 258 g/mol. The number of nitrogens with zero attached hydrogens (tertiary/aromatic N) is 1. The minimum Gasteiger partial charge on any atom is -0.454 e. The van der Waals surface area contributed by atoms with E-state index in [1.165, 1.54) is 0 Å². The van der Waals surface area contributed by atoms with Crippen molar-refractivity contribution < 1.29 is 19.4 Å². The van der Waals surface area contributed by atoms with E-state index < -0.39 is 5.60 Å². The third-order valence-electron chi connectivity index (χ3n) is 4.04. The van der Waals surface area contributed by atoms with Crippen LogP contribution in [0.4, 0.5) is 0 Å². The Hall–Kier alpha value is -1.59. The van der Waals surface area contributed by atoms with E-state index in [9.17, 15) is 9.90 Å². The van der Waals surface area contributed by atoms with E-state index in [1.54, 1.807) is 6.92 Å². The van der Waals surface area contributed by atoms with E-state index in [0.29, 0.717) is 25.1 Å². The number of fused-ring (bicyclic) bond motifs is 1. The zero-order chi connectivity index (χ0) is 14.2. The molecule has 1 aromatic rings. The fraction of sp³-hybridized carbons (Fsp3) is 0.533. The van der Waals surface area contributed by atoms with E-state index >= 15 is 0 Å². The molecule has 1 aromatic carbocycles. The molecule has 108 valence electrons. The lowest BCUT2D eigenvalue weighted by Gasteiger charge is -2.38. The van der Waals surface area contributed by atoms with Crippen LogP contribution in [-0.2, 0) is 10.4 Å². The summed E-state index contributed by atoms with van der Waals surface area (Å²) in [6, 6.07) is 5.61. The van der Waals surface area contributed by atoms with Crippen molar-refractivity contribution in [2.75, 3.05) is 26.4 Å². The zero-order valence-electron chi connectivity index (χ0n) is 11.6. The lowest BCUT2D eigenvalue weighted by atomic mass is 9.84. The molecule has 5 nitrogen and oxygen atoms in total. The number of carbonyl (C=O) groups excluding carboxylic acids is 1. The highest BCUT2D eigenvalue weighted by molar-refractivity contribution is 5.77. The Balaban J connectivity index is 1.72. The maximum Gasteiger partial charge on any atom is 0.231 e. The summed E-state index contributed by atoms with van der Waals surface area (Å²) in [6.45, 7) is 3.76. The lowest BCUT2D eigenvalue weighted by molar-refractivity contribution is -0.119. The SMILES string of the molecule is CC(=O)CN1CCC(O)(c2ccc3c(c2)OCO3)CC1. The maximum atomic E-state index is 11.1. The Morgan fingerprint density at radius 3 is 2.70 bits per heavy atom. The van der Waals surface area contributed by atoms with Crippen LogP contribution in [0.25, 0.3) is 0 Å². The summed E-state index contributed by atoms with van der Waals surface area (Å²) in [5.74, 6) is 1.59. The van der Waals surface area contributed by atoms with Crippen LogP contribution in [0.2, 0.25) is 0 Å². The van der Waals surface area contributed by atoms with E-state index in [-0.39, 0.29) is 12.6 Å². The second kappa shape index (κ2) is 5.07. The first kappa shape index (κ1) is 13.4. The summed E-state index contributed by atoms with van der Waals surface area (Å²) in [4.78, 5) is 13.2. The number of ether oxygens (including phenoxy) is 2. The molecule has 0 atom stereocenters. The summed E-state index contributed by atoms with van der Waals surface area (Å²) in [5.41, 5.74) is 0.0260. The predicted octanol–water partition coefficient (Wildman–Crippen LogP) is 1.29. The quantitative estimate of drug-likeness (QED) is 0.902. The second-order valence-electron chi connectivity index (χ2n) is 5.58. The van der Waals surface area contributed by atoms with Crippen molar-refractivity contribution in [3.05, 3.63) is 23.8 Å². The van der Waals surface area contributed by atoms with Crippen molar-refractivity contribution in [2.45, 2.75) is 25.4 Å². The molecule has 0 saturated carbocycles. The highest BCUT2D eigenvalue weighted by atomic mass is 16.7. The molecule has 0 unspecified atom stereocenters. The van der Waals surface area contributed by atoms with Gasteiger partial charge < -0.3 is 14.6 Å². The molecular formula is C15H19NO4. The van der Waals surface area contributed by atoms with Crippen LogP contribution in [0.3, 0.4) is 0 Å². The number of Topliss-reactive ketones (excluding diaryl/α,β-unsaturated/α-hetero) is 1. The number of hydrogen-bond donors (Lipinski definition) is 1. The third kappa shape index (κ3) is 2.51. The van der Waals surface area contributed by atoms with Gasteiger partial charge in [-0.15, -0.1) is 0 Å². The van der Waals surface area contributed by atoms with Gasteiger partial charge in [0, 0.05) is 13.1 Å². The number of aliphatic hydroxyl groups is 1. The van der Waals surface area contributed by atoms with Gasteiger partial charge in [-0.2, -0.15) is 0 Å². The van der Waals surface area contributed by atoms with Crippen LogP contribution in [0.15, 0.2) is 18.2 Å². The molecule has 0 spiro atoms. The number of piperidine rings is 1. The molecule has 1 saturated heterocycles. The first-order valence-electron chi connectivity index (χ1n) is 6.91. The molecule has 2 aliphatic rings. The van der Waals surface area contributed by atoms with Gasteiger partial charge in [0.25, 0.3) is 0 Å². The Kier molecular flexibility index (Phi) is 3.40. The summed E-state index contributed by atoms with van der Waals surface area (Å²) in [6.07, 6.45) is 1.25. The van der Waals surface area contributed by atoms with Crippen molar-refractivity contribution in [2.24, 2.45) is 0 Å². The van der Waals surface area contributed by atoms with Gasteiger partial charge in [0.1, 0.15) is 5.78 Å². The fourth-order valence-corrected chi connectivity index (χ4v) is 2.87. The molecule has 1 fully saturated rings. The van der Waals surface area contributed by atoms with E-state index in [2.05, 4.69) is 4.90 Å². The molecule has 3 rings (SSSR count). The number of hydrogen-bond acceptors (Lipinski definition) is 5.